The fourth-order valence-corrected chi connectivity index (χ4v) is 2.48. The molecule has 0 atom stereocenters. The van der Waals surface area contributed by atoms with E-state index in [-0.39, 0.29) is 16.9 Å². The Kier molecular flexibility index (Phi) is 3.35. The number of aromatic hydroxyl groups is 1. The number of carbonyl (C=O) groups excluding carboxylic acids is 1. The molecule has 0 aromatic heterocycles. The van der Waals surface area contributed by atoms with E-state index in [9.17, 15) is 14.7 Å². The van der Waals surface area contributed by atoms with E-state index in [1.807, 2.05) is 12.1 Å². The first kappa shape index (κ1) is 13.8. The molecule has 0 bridgehead atoms. The molecule has 0 aliphatic carbocycles. The van der Waals surface area contributed by atoms with Crippen LogP contribution in [0.5, 0.6) is 5.75 Å². The summed E-state index contributed by atoms with van der Waals surface area (Å²) < 4.78 is 0. The molecule has 0 saturated carbocycles. The van der Waals surface area contributed by atoms with E-state index in [0.29, 0.717) is 11.7 Å². The van der Waals surface area contributed by atoms with Gasteiger partial charge in [-0.2, -0.15) is 0 Å². The van der Waals surface area contributed by atoms with Crippen molar-refractivity contribution in [3.63, 3.8) is 0 Å². The summed E-state index contributed by atoms with van der Waals surface area (Å²) >= 11 is 0. The molecule has 0 heterocycles. The van der Waals surface area contributed by atoms with Crippen LogP contribution in [0, 0.1) is 0 Å². The van der Waals surface area contributed by atoms with Crippen LogP contribution >= 0.6 is 0 Å². The van der Waals surface area contributed by atoms with E-state index < -0.39 is 5.97 Å². The summed E-state index contributed by atoms with van der Waals surface area (Å²) in [6.07, 6.45) is 0.627. The summed E-state index contributed by atoms with van der Waals surface area (Å²) in [6.45, 7) is 0. The fraction of sp³-hybridized carbons (Fsp3) is 0. The van der Waals surface area contributed by atoms with Crippen LogP contribution in [0.1, 0.15) is 20.7 Å². The molecule has 3 aromatic carbocycles. The molecule has 3 aromatic rings. The van der Waals surface area contributed by atoms with Crippen molar-refractivity contribution >= 4 is 23.0 Å². The Morgan fingerprint density at radius 3 is 2.45 bits per heavy atom. The van der Waals surface area contributed by atoms with Gasteiger partial charge >= 0.3 is 5.97 Å². The number of fused-ring (bicyclic) bond motifs is 1. The highest BCUT2D eigenvalue weighted by atomic mass is 16.4. The predicted octanol–water partition coefficient (Wildman–Crippen LogP) is 3.72. The maximum atomic E-state index is 11.1. The standard InChI is InChI=1S/C18H12O4/c19-10-16-15-6-4-12(8-13(15)5-7-17(16)20)11-2-1-3-14(9-11)18(21)22/h1-10,20H,(H,21,22). The van der Waals surface area contributed by atoms with Crippen molar-refractivity contribution in [1.29, 1.82) is 0 Å². The number of benzene rings is 3. The van der Waals surface area contributed by atoms with E-state index in [1.165, 1.54) is 12.1 Å². The van der Waals surface area contributed by atoms with Crippen molar-refractivity contribution in [2.75, 3.05) is 0 Å². The quantitative estimate of drug-likeness (QED) is 0.721. The van der Waals surface area contributed by atoms with Crippen molar-refractivity contribution in [2.45, 2.75) is 0 Å². The lowest BCUT2D eigenvalue weighted by molar-refractivity contribution is 0.0696. The third kappa shape index (κ3) is 2.31. The van der Waals surface area contributed by atoms with E-state index in [1.54, 1.807) is 30.3 Å². The van der Waals surface area contributed by atoms with Crippen LogP contribution in [0.25, 0.3) is 21.9 Å². The van der Waals surface area contributed by atoms with Crippen LogP contribution in [-0.4, -0.2) is 22.5 Å². The molecular formula is C18H12O4. The van der Waals surface area contributed by atoms with E-state index >= 15 is 0 Å². The van der Waals surface area contributed by atoms with Crippen molar-refractivity contribution in [1.82, 2.24) is 0 Å². The smallest absolute Gasteiger partial charge is 0.335 e. The zero-order valence-corrected chi connectivity index (χ0v) is 11.5. The Morgan fingerprint density at radius 2 is 1.73 bits per heavy atom. The van der Waals surface area contributed by atoms with Gasteiger partial charge in [-0.1, -0.05) is 30.3 Å². The van der Waals surface area contributed by atoms with Gasteiger partial charge in [0.1, 0.15) is 5.75 Å². The lowest BCUT2D eigenvalue weighted by Crippen LogP contribution is -1.95. The minimum absolute atomic E-state index is 0.0527. The monoisotopic (exact) mass is 292 g/mol. The minimum Gasteiger partial charge on any atom is -0.507 e. The van der Waals surface area contributed by atoms with Crippen molar-refractivity contribution in [3.8, 4) is 16.9 Å². The first-order valence-corrected chi connectivity index (χ1v) is 6.65. The Labute approximate surface area is 126 Å². The summed E-state index contributed by atoms with van der Waals surface area (Å²) in [4.78, 5) is 22.1. The third-order valence-corrected chi connectivity index (χ3v) is 3.60. The SMILES string of the molecule is O=Cc1c(O)ccc2cc(-c3cccc(C(=O)O)c3)ccc12. The van der Waals surface area contributed by atoms with Gasteiger partial charge in [-0.15, -0.1) is 0 Å². The molecule has 0 aliphatic rings. The molecule has 0 unspecified atom stereocenters. The molecule has 0 saturated heterocycles. The van der Waals surface area contributed by atoms with E-state index in [4.69, 9.17) is 5.11 Å². The zero-order valence-electron chi connectivity index (χ0n) is 11.5. The van der Waals surface area contributed by atoms with Crippen molar-refractivity contribution in [3.05, 3.63) is 65.7 Å². The van der Waals surface area contributed by atoms with Crippen molar-refractivity contribution in [2.24, 2.45) is 0 Å². The largest absolute Gasteiger partial charge is 0.507 e. The zero-order chi connectivity index (χ0) is 15.7. The van der Waals surface area contributed by atoms with Crippen LogP contribution in [0.4, 0.5) is 0 Å². The predicted molar refractivity (Wildman–Crippen MR) is 83.4 cm³/mol. The number of phenolic OH excluding ortho intramolecular Hbond substituents is 1. The van der Waals surface area contributed by atoms with Crippen LogP contribution in [0.3, 0.4) is 0 Å². The van der Waals surface area contributed by atoms with Gasteiger partial charge in [0.15, 0.2) is 6.29 Å². The number of carboxylic acid groups (broad SMARTS) is 1. The maximum absolute atomic E-state index is 11.1. The van der Waals surface area contributed by atoms with Crippen LogP contribution in [0.15, 0.2) is 54.6 Å². The van der Waals surface area contributed by atoms with Gasteiger partial charge in [0.2, 0.25) is 0 Å². The molecule has 4 heteroatoms. The number of hydrogen-bond acceptors (Lipinski definition) is 3. The van der Waals surface area contributed by atoms with Crippen molar-refractivity contribution < 1.29 is 19.8 Å². The second kappa shape index (κ2) is 5.33. The number of aldehydes is 1. The summed E-state index contributed by atoms with van der Waals surface area (Å²) in [6, 6.07) is 15.3. The summed E-state index contributed by atoms with van der Waals surface area (Å²) in [5.74, 6) is -1.03. The van der Waals surface area contributed by atoms with Crippen LogP contribution < -0.4 is 0 Å². The number of phenols is 1. The summed E-state index contributed by atoms with van der Waals surface area (Å²) in [5, 5.41) is 20.2. The molecule has 22 heavy (non-hydrogen) atoms. The highest BCUT2D eigenvalue weighted by molar-refractivity contribution is 6.02. The summed E-state index contributed by atoms with van der Waals surface area (Å²) in [5.41, 5.74) is 2.10. The number of rotatable bonds is 3. The average molecular weight is 292 g/mol. The van der Waals surface area contributed by atoms with Gasteiger partial charge in [0.05, 0.1) is 11.1 Å². The molecule has 2 N–H and O–H groups in total. The highest BCUT2D eigenvalue weighted by Gasteiger charge is 2.09. The minimum atomic E-state index is -0.976. The second-order valence-corrected chi connectivity index (χ2v) is 4.94. The molecule has 0 fully saturated rings. The van der Waals surface area contributed by atoms with Crippen LogP contribution in [0.2, 0.25) is 0 Å². The first-order valence-electron chi connectivity index (χ1n) is 6.65. The molecule has 108 valence electrons. The third-order valence-electron chi connectivity index (χ3n) is 3.60. The second-order valence-electron chi connectivity index (χ2n) is 4.94. The molecule has 3 rings (SSSR count). The molecule has 0 amide bonds. The van der Waals surface area contributed by atoms with E-state index in [0.717, 1.165) is 16.5 Å². The van der Waals surface area contributed by atoms with Gasteiger partial charge in [0, 0.05) is 0 Å². The van der Waals surface area contributed by atoms with Crippen LogP contribution in [-0.2, 0) is 0 Å². The lowest BCUT2D eigenvalue weighted by Gasteiger charge is -2.07. The highest BCUT2D eigenvalue weighted by Crippen LogP contribution is 2.30. The van der Waals surface area contributed by atoms with Gasteiger partial charge in [-0.25, -0.2) is 4.79 Å². The molecule has 4 nitrogen and oxygen atoms in total. The Bertz CT molecular complexity index is 897. The molecule has 0 aliphatic heterocycles. The summed E-state index contributed by atoms with van der Waals surface area (Å²) in [7, 11) is 0. The maximum Gasteiger partial charge on any atom is 0.335 e. The number of aromatic carboxylic acids is 1. The van der Waals surface area contributed by atoms with Gasteiger partial charge < -0.3 is 10.2 Å². The fourth-order valence-electron chi connectivity index (χ4n) is 2.48. The number of carbonyl (C=O) groups is 2. The number of carboxylic acids is 1. The molecular weight excluding hydrogens is 280 g/mol. The first-order chi connectivity index (χ1) is 10.6. The number of hydrogen-bond donors (Lipinski definition) is 2. The van der Waals surface area contributed by atoms with Gasteiger partial charge in [-0.05, 0) is 46.2 Å². The topological polar surface area (TPSA) is 74.6 Å². The van der Waals surface area contributed by atoms with E-state index in [2.05, 4.69) is 0 Å². The average Bonchev–Trinajstić information content (AvgIpc) is 2.54. The Morgan fingerprint density at radius 1 is 0.955 bits per heavy atom. The molecule has 0 radical (unpaired) electrons. The normalized spacial score (nSPS) is 10.5. The Balaban J connectivity index is 2.17. The Hall–Kier alpha value is -3.14. The van der Waals surface area contributed by atoms with Gasteiger partial charge in [0.25, 0.3) is 0 Å². The lowest BCUT2D eigenvalue weighted by atomic mass is 9.97. The molecule has 0 spiro atoms. The van der Waals surface area contributed by atoms with Gasteiger partial charge in [-0.3, -0.25) is 4.79 Å².